The second kappa shape index (κ2) is 6.51. The van der Waals surface area contributed by atoms with Crippen molar-refractivity contribution in [2.24, 2.45) is 0 Å². The lowest BCUT2D eigenvalue weighted by Crippen LogP contribution is -2.22. The molecule has 3 nitrogen and oxygen atoms in total. The number of benzene rings is 1. The minimum Gasteiger partial charge on any atom is -0.467 e. The van der Waals surface area contributed by atoms with E-state index >= 15 is 0 Å². The lowest BCUT2D eigenvalue weighted by molar-refractivity contribution is 0.0498. The van der Waals surface area contributed by atoms with Crippen LogP contribution in [0.5, 0.6) is 5.75 Å². The molecule has 1 rings (SSSR count). The van der Waals surface area contributed by atoms with Gasteiger partial charge in [-0.2, -0.15) is 0 Å². The maximum absolute atomic E-state index is 5.59. The van der Waals surface area contributed by atoms with Gasteiger partial charge >= 0.3 is 0 Å². The Bertz CT molecular complexity index is 324. The summed E-state index contributed by atoms with van der Waals surface area (Å²) in [5.74, 6) is 0.928. The van der Waals surface area contributed by atoms with E-state index in [1.807, 2.05) is 19.1 Å². The van der Waals surface area contributed by atoms with Crippen LogP contribution in [0.2, 0.25) is 0 Å². The zero-order chi connectivity index (χ0) is 12.0. The van der Waals surface area contributed by atoms with Crippen LogP contribution in [-0.2, 0) is 11.3 Å². The van der Waals surface area contributed by atoms with Gasteiger partial charge in [0.15, 0.2) is 6.79 Å². The first-order chi connectivity index (χ1) is 7.65. The van der Waals surface area contributed by atoms with Gasteiger partial charge in [0.05, 0.1) is 0 Å². The molecule has 0 saturated heterocycles. The zero-order valence-corrected chi connectivity index (χ0v) is 10.5. The molecular weight excluding hydrogens is 202 g/mol. The van der Waals surface area contributed by atoms with Gasteiger partial charge in [0, 0.05) is 25.3 Å². The number of hydrogen-bond donors (Lipinski definition) is 1. The van der Waals surface area contributed by atoms with Gasteiger partial charge in [0.25, 0.3) is 0 Å². The Morgan fingerprint density at radius 3 is 2.69 bits per heavy atom. The number of methoxy groups -OCH3 is 1. The summed E-state index contributed by atoms with van der Waals surface area (Å²) in [6.07, 6.45) is 0. The molecule has 1 aromatic rings. The number of hydrogen-bond acceptors (Lipinski definition) is 3. The first-order valence-electron chi connectivity index (χ1n) is 5.58. The van der Waals surface area contributed by atoms with Crippen LogP contribution < -0.4 is 10.1 Å². The Morgan fingerprint density at radius 1 is 1.31 bits per heavy atom. The topological polar surface area (TPSA) is 30.5 Å². The van der Waals surface area contributed by atoms with Gasteiger partial charge in [0.1, 0.15) is 5.75 Å². The van der Waals surface area contributed by atoms with Crippen molar-refractivity contribution in [3.63, 3.8) is 0 Å². The van der Waals surface area contributed by atoms with Crippen LogP contribution in [-0.4, -0.2) is 19.9 Å². The third kappa shape index (κ3) is 3.83. The van der Waals surface area contributed by atoms with Crippen molar-refractivity contribution in [3.8, 4) is 5.75 Å². The smallest absolute Gasteiger partial charge is 0.188 e. The fourth-order valence-corrected chi connectivity index (χ4v) is 1.49. The average molecular weight is 223 g/mol. The normalized spacial score (nSPS) is 10.8. The molecule has 0 radical (unpaired) electrons. The van der Waals surface area contributed by atoms with Crippen LogP contribution in [0.3, 0.4) is 0 Å². The number of aryl methyl sites for hydroxylation is 1. The molecule has 0 heterocycles. The summed E-state index contributed by atoms with van der Waals surface area (Å²) in [6, 6.07) is 6.64. The second-order valence-corrected chi connectivity index (χ2v) is 4.15. The van der Waals surface area contributed by atoms with Crippen molar-refractivity contribution >= 4 is 0 Å². The van der Waals surface area contributed by atoms with Gasteiger partial charge in [-0.1, -0.05) is 32.0 Å². The number of nitrogens with one attached hydrogen (secondary N) is 1. The highest BCUT2D eigenvalue weighted by Crippen LogP contribution is 2.23. The monoisotopic (exact) mass is 223 g/mol. The molecule has 16 heavy (non-hydrogen) atoms. The van der Waals surface area contributed by atoms with Crippen LogP contribution in [0.1, 0.15) is 25.0 Å². The molecule has 3 heteroatoms. The molecule has 0 spiro atoms. The summed E-state index contributed by atoms with van der Waals surface area (Å²) in [5.41, 5.74) is 2.31. The van der Waals surface area contributed by atoms with E-state index in [1.165, 1.54) is 5.56 Å². The molecule has 0 amide bonds. The first kappa shape index (κ1) is 13.0. The van der Waals surface area contributed by atoms with Crippen molar-refractivity contribution in [1.29, 1.82) is 0 Å². The van der Waals surface area contributed by atoms with Gasteiger partial charge in [-0.05, 0) is 12.5 Å². The molecule has 1 aromatic carbocycles. The molecule has 0 bridgehead atoms. The van der Waals surface area contributed by atoms with E-state index in [-0.39, 0.29) is 0 Å². The molecule has 1 N–H and O–H groups in total. The Balaban J connectivity index is 2.76. The lowest BCUT2D eigenvalue weighted by atomic mass is 10.1. The van der Waals surface area contributed by atoms with E-state index < -0.39 is 0 Å². The van der Waals surface area contributed by atoms with Crippen LogP contribution in [0.25, 0.3) is 0 Å². The maximum atomic E-state index is 5.59. The van der Waals surface area contributed by atoms with Gasteiger partial charge in [-0.15, -0.1) is 0 Å². The highest BCUT2D eigenvalue weighted by atomic mass is 16.7. The van der Waals surface area contributed by atoms with Crippen LogP contribution >= 0.6 is 0 Å². The molecular formula is C13H21NO2. The SMILES string of the molecule is COCOc1c(C)cccc1CNC(C)C. The molecule has 0 saturated carbocycles. The quantitative estimate of drug-likeness (QED) is 0.751. The average Bonchev–Trinajstić information content (AvgIpc) is 2.25. The van der Waals surface area contributed by atoms with Crippen molar-refractivity contribution in [3.05, 3.63) is 29.3 Å². The van der Waals surface area contributed by atoms with Gasteiger partial charge in [-0.3, -0.25) is 0 Å². The fourth-order valence-electron chi connectivity index (χ4n) is 1.49. The fraction of sp³-hybridized carbons (Fsp3) is 0.538. The van der Waals surface area contributed by atoms with Gasteiger partial charge < -0.3 is 14.8 Å². The summed E-state index contributed by atoms with van der Waals surface area (Å²) >= 11 is 0. The minimum atomic E-state index is 0.291. The second-order valence-electron chi connectivity index (χ2n) is 4.15. The van der Waals surface area contributed by atoms with E-state index in [4.69, 9.17) is 9.47 Å². The third-order valence-electron chi connectivity index (χ3n) is 2.32. The Hall–Kier alpha value is -1.06. The lowest BCUT2D eigenvalue weighted by Gasteiger charge is -2.15. The van der Waals surface area contributed by atoms with Crippen molar-refractivity contribution in [2.75, 3.05) is 13.9 Å². The first-order valence-corrected chi connectivity index (χ1v) is 5.58. The summed E-state index contributed by atoms with van der Waals surface area (Å²) in [5, 5.41) is 3.38. The number of ether oxygens (including phenoxy) is 2. The molecule has 0 aliphatic heterocycles. The zero-order valence-electron chi connectivity index (χ0n) is 10.5. The molecule has 90 valence electrons. The van der Waals surface area contributed by atoms with Crippen LogP contribution in [0.4, 0.5) is 0 Å². The van der Waals surface area contributed by atoms with Crippen LogP contribution in [0.15, 0.2) is 18.2 Å². The maximum Gasteiger partial charge on any atom is 0.188 e. The highest BCUT2D eigenvalue weighted by Gasteiger charge is 2.06. The highest BCUT2D eigenvalue weighted by molar-refractivity contribution is 5.40. The largest absolute Gasteiger partial charge is 0.467 e. The van der Waals surface area contributed by atoms with E-state index in [1.54, 1.807) is 7.11 Å². The predicted octanol–water partition coefficient (Wildman–Crippen LogP) is 2.48. The van der Waals surface area contributed by atoms with Gasteiger partial charge in [0.2, 0.25) is 0 Å². The standard InChI is InChI=1S/C13H21NO2/c1-10(2)14-8-12-7-5-6-11(3)13(12)16-9-15-4/h5-7,10,14H,8-9H2,1-4H3. The van der Waals surface area contributed by atoms with E-state index in [0.717, 1.165) is 17.9 Å². The summed E-state index contributed by atoms with van der Waals surface area (Å²) in [4.78, 5) is 0. The third-order valence-corrected chi connectivity index (χ3v) is 2.32. The Morgan fingerprint density at radius 2 is 2.06 bits per heavy atom. The van der Waals surface area contributed by atoms with E-state index in [0.29, 0.717) is 12.8 Å². The van der Waals surface area contributed by atoms with Gasteiger partial charge in [-0.25, -0.2) is 0 Å². The molecule has 0 aromatic heterocycles. The Labute approximate surface area is 97.8 Å². The van der Waals surface area contributed by atoms with Crippen LogP contribution in [0, 0.1) is 6.92 Å². The summed E-state index contributed by atoms with van der Waals surface area (Å²) in [7, 11) is 1.63. The Kier molecular flexibility index (Phi) is 5.29. The van der Waals surface area contributed by atoms with E-state index in [2.05, 4.69) is 25.2 Å². The minimum absolute atomic E-state index is 0.291. The molecule has 0 fully saturated rings. The number of para-hydroxylation sites is 1. The summed E-state index contributed by atoms with van der Waals surface area (Å²) < 4.78 is 10.5. The number of rotatable bonds is 6. The molecule has 0 atom stereocenters. The summed E-state index contributed by atoms with van der Waals surface area (Å²) in [6.45, 7) is 7.42. The van der Waals surface area contributed by atoms with Crippen molar-refractivity contribution in [2.45, 2.75) is 33.4 Å². The molecule has 0 unspecified atom stereocenters. The molecule has 0 aliphatic rings. The van der Waals surface area contributed by atoms with E-state index in [9.17, 15) is 0 Å². The molecule has 0 aliphatic carbocycles. The van der Waals surface area contributed by atoms with Crippen molar-refractivity contribution in [1.82, 2.24) is 5.32 Å². The van der Waals surface area contributed by atoms with Crippen molar-refractivity contribution < 1.29 is 9.47 Å². The predicted molar refractivity (Wildman–Crippen MR) is 65.7 cm³/mol.